The molecule has 3 aliphatic rings. The lowest BCUT2D eigenvalue weighted by molar-refractivity contribution is -0.138. The minimum Gasteiger partial charge on any atom is -0.466 e. The highest BCUT2D eigenvalue weighted by Gasteiger charge is 2.62. The number of ketones is 1. The van der Waals surface area contributed by atoms with E-state index in [0.717, 1.165) is 11.3 Å². The smallest absolute Gasteiger partial charge is 0.339 e. The number of nitrogens with zero attached hydrogens (tertiary/aromatic N) is 1. The van der Waals surface area contributed by atoms with Crippen molar-refractivity contribution in [1.82, 2.24) is 0 Å². The molecular weight excluding hydrogens is 430 g/mol. The van der Waals surface area contributed by atoms with Crippen LogP contribution < -0.4 is 16.0 Å². The van der Waals surface area contributed by atoms with Crippen LogP contribution in [0.3, 0.4) is 0 Å². The zero-order valence-corrected chi connectivity index (χ0v) is 19.7. The lowest BCUT2D eigenvalue weighted by Crippen LogP contribution is -2.54. The number of nitrogens with two attached hydrogens (primary N) is 1. The predicted octanol–water partition coefficient (Wildman–Crippen LogP) is 3.69. The van der Waals surface area contributed by atoms with Crippen LogP contribution in [0.1, 0.15) is 37.8 Å². The molecule has 2 heterocycles. The molecule has 5 rings (SSSR count). The standard InChI is InChI=1S/C27H27N3O4/c1-15-9-5-8-12-18(15)30-19-13-26(2,3)14-20(31)21(19)27(22(23(30)28)24(32)34-4)16-10-6-7-11-17(16)29-25(27)33/h5-12H,13-14,28H2,1-4H3,(H,29,33). The molecule has 2 aromatic carbocycles. The van der Waals surface area contributed by atoms with Gasteiger partial charge in [-0.3, -0.25) is 14.5 Å². The third-order valence-corrected chi connectivity index (χ3v) is 7.04. The summed E-state index contributed by atoms with van der Waals surface area (Å²) in [5.74, 6) is -1.29. The second-order valence-corrected chi connectivity index (χ2v) is 9.89. The van der Waals surface area contributed by atoms with Crippen molar-refractivity contribution < 1.29 is 19.1 Å². The van der Waals surface area contributed by atoms with Crippen molar-refractivity contribution in [3.63, 3.8) is 0 Å². The minimum atomic E-state index is -1.67. The number of Topliss-reactive ketones (excluding diaryl/α,β-unsaturated/α-hetero) is 1. The summed E-state index contributed by atoms with van der Waals surface area (Å²) in [5.41, 5.74) is 8.44. The molecular formula is C27H27N3O4. The van der Waals surface area contributed by atoms with Crippen LogP contribution >= 0.6 is 0 Å². The van der Waals surface area contributed by atoms with Gasteiger partial charge in [-0.1, -0.05) is 50.2 Å². The quantitative estimate of drug-likeness (QED) is 0.667. The molecule has 7 nitrogen and oxygen atoms in total. The lowest BCUT2D eigenvalue weighted by Gasteiger charge is -2.47. The molecule has 0 bridgehead atoms. The van der Waals surface area contributed by atoms with E-state index in [-0.39, 0.29) is 29.0 Å². The Morgan fingerprint density at radius 2 is 1.74 bits per heavy atom. The third kappa shape index (κ3) is 2.79. The monoisotopic (exact) mass is 457 g/mol. The van der Waals surface area contributed by atoms with Gasteiger partial charge in [0.05, 0.1) is 12.8 Å². The van der Waals surface area contributed by atoms with Gasteiger partial charge < -0.3 is 15.8 Å². The number of carbonyl (C=O) groups is 3. The van der Waals surface area contributed by atoms with Crippen molar-refractivity contribution in [3.8, 4) is 0 Å². The number of amides is 1. The topological polar surface area (TPSA) is 102 Å². The molecule has 2 aromatic rings. The number of hydrogen-bond acceptors (Lipinski definition) is 6. The number of ether oxygens (including phenoxy) is 1. The fourth-order valence-corrected chi connectivity index (χ4v) is 5.68. The van der Waals surface area contributed by atoms with E-state index in [1.165, 1.54) is 7.11 Å². The zero-order chi connectivity index (χ0) is 24.4. The van der Waals surface area contributed by atoms with E-state index in [9.17, 15) is 14.4 Å². The van der Waals surface area contributed by atoms with Crippen LogP contribution in [0.2, 0.25) is 0 Å². The molecule has 2 aliphatic heterocycles. The molecule has 1 spiro atoms. The second kappa shape index (κ2) is 7.32. The third-order valence-electron chi connectivity index (χ3n) is 7.04. The molecule has 0 aromatic heterocycles. The molecule has 1 amide bonds. The van der Waals surface area contributed by atoms with Crippen LogP contribution in [0.4, 0.5) is 11.4 Å². The van der Waals surface area contributed by atoms with Gasteiger partial charge in [0.1, 0.15) is 16.8 Å². The highest BCUT2D eigenvalue weighted by Crippen LogP contribution is 2.57. The maximum Gasteiger partial charge on any atom is 0.339 e. The van der Waals surface area contributed by atoms with Gasteiger partial charge in [-0.2, -0.15) is 0 Å². The van der Waals surface area contributed by atoms with Crippen LogP contribution in [0.15, 0.2) is 71.2 Å². The van der Waals surface area contributed by atoms with Crippen LogP contribution in [0, 0.1) is 12.3 Å². The van der Waals surface area contributed by atoms with Crippen LogP contribution in [0.25, 0.3) is 0 Å². The van der Waals surface area contributed by atoms with E-state index in [2.05, 4.69) is 5.32 Å². The number of fused-ring (bicyclic) bond motifs is 3. The average molecular weight is 458 g/mol. The van der Waals surface area contributed by atoms with Crippen molar-refractivity contribution in [2.75, 3.05) is 17.3 Å². The highest BCUT2D eigenvalue weighted by molar-refractivity contribution is 6.23. The SMILES string of the molecule is COC(=O)C1=C(N)N(c2ccccc2C)C2=C(C(=O)CC(C)(C)C2)C12C(=O)Nc1ccccc12. The largest absolute Gasteiger partial charge is 0.466 e. The number of methoxy groups -OCH3 is 1. The Morgan fingerprint density at radius 1 is 1.06 bits per heavy atom. The number of nitrogens with one attached hydrogen (secondary N) is 1. The number of carbonyl (C=O) groups excluding carboxylic acids is 3. The lowest BCUT2D eigenvalue weighted by atomic mass is 9.60. The van der Waals surface area contributed by atoms with Crippen molar-refractivity contribution in [1.29, 1.82) is 0 Å². The molecule has 0 fully saturated rings. The number of esters is 1. The summed E-state index contributed by atoms with van der Waals surface area (Å²) in [7, 11) is 1.25. The number of allylic oxidation sites excluding steroid dienone is 1. The molecule has 1 atom stereocenters. The molecule has 1 unspecified atom stereocenters. The van der Waals surface area contributed by atoms with E-state index in [1.54, 1.807) is 29.2 Å². The van der Waals surface area contributed by atoms with E-state index in [1.807, 2.05) is 45.0 Å². The van der Waals surface area contributed by atoms with Crippen molar-refractivity contribution in [3.05, 3.63) is 82.3 Å². The first-order valence-electron chi connectivity index (χ1n) is 11.3. The molecule has 1 aliphatic carbocycles. The predicted molar refractivity (Wildman–Crippen MR) is 129 cm³/mol. The second-order valence-electron chi connectivity index (χ2n) is 9.89. The van der Waals surface area contributed by atoms with E-state index >= 15 is 0 Å². The van der Waals surface area contributed by atoms with Crippen molar-refractivity contribution >= 4 is 29.0 Å². The molecule has 0 saturated carbocycles. The summed E-state index contributed by atoms with van der Waals surface area (Å²) in [6, 6.07) is 14.8. The number of benzene rings is 2. The Bertz CT molecular complexity index is 1340. The number of para-hydroxylation sites is 2. The summed E-state index contributed by atoms with van der Waals surface area (Å²) in [4.78, 5) is 42.9. The first kappa shape index (κ1) is 21.9. The first-order valence-corrected chi connectivity index (χ1v) is 11.3. The number of hydrogen-bond donors (Lipinski definition) is 2. The molecule has 3 N–H and O–H groups in total. The van der Waals surface area contributed by atoms with Gasteiger partial charge >= 0.3 is 5.97 Å². The Hall–Kier alpha value is -3.87. The highest BCUT2D eigenvalue weighted by atomic mass is 16.5. The Balaban J connectivity index is 1.95. The molecule has 34 heavy (non-hydrogen) atoms. The fraction of sp³-hybridized carbons (Fsp3) is 0.296. The van der Waals surface area contributed by atoms with Gasteiger partial charge in [-0.15, -0.1) is 0 Å². The summed E-state index contributed by atoms with van der Waals surface area (Å²) >= 11 is 0. The summed E-state index contributed by atoms with van der Waals surface area (Å²) < 4.78 is 5.16. The Morgan fingerprint density at radius 3 is 2.44 bits per heavy atom. The zero-order valence-electron chi connectivity index (χ0n) is 19.7. The molecule has 0 saturated heterocycles. The minimum absolute atomic E-state index is 0.0347. The number of aryl methyl sites for hydroxylation is 1. The van der Waals surface area contributed by atoms with Crippen LogP contribution in [-0.4, -0.2) is 24.8 Å². The average Bonchev–Trinajstić information content (AvgIpc) is 3.05. The van der Waals surface area contributed by atoms with Crippen molar-refractivity contribution in [2.24, 2.45) is 11.1 Å². The molecule has 7 heteroatoms. The van der Waals surface area contributed by atoms with E-state index < -0.39 is 17.3 Å². The number of rotatable bonds is 2. The maximum absolute atomic E-state index is 13.9. The van der Waals surface area contributed by atoms with Crippen LogP contribution in [-0.2, 0) is 24.5 Å². The van der Waals surface area contributed by atoms with Crippen LogP contribution in [0.5, 0.6) is 0 Å². The number of anilines is 2. The summed E-state index contributed by atoms with van der Waals surface area (Å²) in [5, 5.41) is 2.89. The van der Waals surface area contributed by atoms with Gasteiger partial charge in [0.25, 0.3) is 0 Å². The van der Waals surface area contributed by atoms with Gasteiger partial charge in [0.2, 0.25) is 5.91 Å². The van der Waals surface area contributed by atoms with Gasteiger partial charge in [-0.05, 0) is 36.5 Å². The molecule has 174 valence electrons. The van der Waals surface area contributed by atoms with Gasteiger partial charge in [0.15, 0.2) is 5.78 Å². The maximum atomic E-state index is 13.9. The summed E-state index contributed by atoms with van der Waals surface area (Å²) in [6.07, 6.45) is 0.758. The van der Waals surface area contributed by atoms with Gasteiger partial charge in [0, 0.05) is 28.9 Å². The normalized spacial score (nSPS) is 23.1. The van der Waals surface area contributed by atoms with Crippen molar-refractivity contribution in [2.45, 2.75) is 39.0 Å². The first-order chi connectivity index (χ1) is 16.1. The Kier molecular flexibility index (Phi) is 4.72. The fourth-order valence-electron chi connectivity index (χ4n) is 5.68. The Labute approximate surface area is 198 Å². The molecule has 0 radical (unpaired) electrons. The van der Waals surface area contributed by atoms with E-state index in [0.29, 0.717) is 28.9 Å². The van der Waals surface area contributed by atoms with E-state index in [4.69, 9.17) is 10.5 Å². The summed E-state index contributed by atoms with van der Waals surface area (Å²) in [6.45, 7) is 5.99. The van der Waals surface area contributed by atoms with Gasteiger partial charge in [-0.25, -0.2) is 4.79 Å².